The first-order chi connectivity index (χ1) is 16.1. The molecule has 3 aromatic carbocycles. The van der Waals surface area contributed by atoms with Crippen LogP contribution >= 0.6 is 11.6 Å². The first kappa shape index (κ1) is 25.3. The Morgan fingerprint density at radius 1 is 1.09 bits per heavy atom. The molecule has 0 saturated carbocycles. The van der Waals surface area contributed by atoms with Crippen molar-refractivity contribution in [2.75, 3.05) is 25.0 Å². The number of amides is 1. The van der Waals surface area contributed by atoms with Crippen LogP contribution in [0.4, 0.5) is 11.4 Å². The Kier molecular flexibility index (Phi) is 8.31. The number of rotatable bonds is 10. The van der Waals surface area contributed by atoms with Crippen LogP contribution in [0.1, 0.15) is 26.3 Å². The number of fused-ring (bicyclic) bond motifs is 1. The lowest BCUT2D eigenvalue weighted by Gasteiger charge is -2.21. The molecule has 0 radical (unpaired) electrons. The lowest BCUT2D eigenvalue weighted by Crippen LogP contribution is -2.43. The molecular formula is C25H29ClN4O4. The van der Waals surface area contributed by atoms with Gasteiger partial charge in [-0.15, -0.1) is 0 Å². The van der Waals surface area contributed by atoms with E-state index in [2.05, 4.69) is 16.0 Å². The first-order valence-corrected chi connectivity index (χ1v) is 11.3. The summed E-state index contributed by atoms with van der Waals surface area (Å²) in [6.45, 7) is 7.42. The summed E-state index contributed by atoms with van der Waals surface area (Å²) in [4.78, 5) is 22.6. The van der Waals surface area contributed by atoms with Crippen molar-refractivity contribution >= 4 is 39.7 Å². The van der Waals surface area contributed by atoms with Gasteiger partial charge in [-0.1, -0.05) is 41.9 Å². The van der Waals surface area contributed by atoms with E-state index in [1.165, 1.54) is 12.1 Å². The maximum atomic E-state index is 12.2. The summed E-state index contributed by atoms with van der Waals surface area (Å²) in [7, 11) is 0. The van der Waals surface area contributed by atoms with E-state index in [1.54, 1.807) is 6.07 Å². The van der Waals surface area contributed by atoms with Crippen LogP contribution < -0.4 is 20.7 Å². The topological polar surface area (TPSA) is 106 Å². The summed E-state index contributed by atoms with van der Waals surface area (Å²) in [5.74, 6) is 0.477. The van der Waals surface area contributed by atoms with Gasteiger partial charge in [0, 0.05) is 42.9 Å². The summed E-state index contributed by atoms with van der Waals surface area (Å²) < 4.78 is 5.89. The normalized spacial score (nSPS) is 11.3. The SMILES string of the molecule is CC(C)(C)NC(=O)COc1ccc2ccccc2c1CNCCNc1ccc([N+](=O)[O-])cc1Cl. The molecule has 0 heterocycles. The molecule has 3 rings (SSSR count). The van der Waals surface area contributed by atoms with Gasteiger partial charge in [-0.05, 0) is 43.7 Å². The molecule has 0 bridgehead atoms. The molecular weight excluding hydrogens is 456 g/mol. The number of benzene rings is 3. The third-order valence-corrected chi connectivity index (χ3v) is 5.27. The van der Waals surface area contributed by atoms with Gasteiger partial charge in [-0.25, -0.2) is 0 Å². The molecule has 0 fully saturated rings. The molecule has 0 aliphatic rings. The summed E-state index contributed by atoms with van der Waals surface area (Å²) in [6, 6.07) is 16.2. The van der Waals surface area contributed by atoms with Crippen LogP contribution in [0.3, 0.4) is 0 Å². The molecule has 3 N–H and O–H groups in total. The van der Waals surface area contributed by atoms with Crippen molar-refractivity contribution < 1.29 is 14.5 Å². The quantitative estimate of drug-likeness (QED) is 0.215. The van der Waals surface area contributed by atoms with Crippen molar-refractivity contribution in [3.8, 4) is 5.75 Å². The van der Waals surface area contributed by atoms with Crippen molar-refractivity contribution in [3.63, 3.8) is 0 Å². The van der Waals surface area contributed by atoms with E-state index < -0.39 is 4.92 Å². The number of nitro groups is 1. The second-order valence-electron chi connectivity index (χ2n) is 8.88. The molecule has 3 aromatic rings. The van der Waals surface area contributed by atoms with Crippen LogP contribution in [-0.2, 0) is 11.3 Å². The maximum Gasteiger partial charge on any atom is 0.271 e. The van der Waals surface area contributed by atoms with Gasteiger partial charge in [0.05, 0.1) is 15.6 Å². The number of nitro benzene ring substituents is 1. The molecule has 0 aliphatic heterocycles. The van der Waals surface area contributed by atoms with Gasteiger partial charge in [0.15, 0.2) is 6.61 Å². The Labute approximate surface area is 203 Å². The molecule has 9 heteroatoms. The van der Waals surface area contributed by atoms with E-state index in [0.717, 1.165) is 16.3 Å². The zero-order valence-electron chi connectivity index (χ0n) is 19.5. The smallest absolute Gasteiger partial charge is 0.271 e. The zero-order valence-corrected chi connectivity index (χ0v) is 20.2. The minimum absolute atomic E-state index is 0.0478. The standard InChI is InChI=1S/C25H29ClN4O4/c1-25(2,3)29-24(31)16-34-23-11-8-17-6-4-5-7-19(17)20(23)15-27-12-13-28-22-10-9-18(30(32)33)14-21(22)26/h4-11,14,27-28H,12-13,15-16H2,1-3H3,(H,29,31). The fourth-order valence-corrected chi connectivity index (χ4v) is 3.73. The second-order valence-corrected chi connectivity index (χ2v) is 9.28. The van der Waals surface area contributed by atoms with E-state index >= 15 is 0 Å². The number of hydrogen-bond donors (Lipinski definition) is 3. The average Bonchev–Trinajstić information content (AvgIpc) is 2.77. The highest BCUT2D eigenvalue weighted by molar-refractivity contribution is 6.33. The van der Waals surface area contributed by atoms with Crippen LogP contribution in [0.15, 0.2) is 54.6 Å². The molecule has 1 amide bonds. The Hall–Kier alpha value is -3.36. The highest BCUT2D eigenvalue weighted by atomic mass is 35.5. The van der Waals surface area contributed by atoms with E-state index in [0.29, 0.717) is 36.1 Å². The molecule has 0 spiro atoms. The lowest BCUT2D eigenvalue weighted by molar-refractivity contribution is -0.384. The summed E-state index contributed by atoms with van der Waals surface area (Å²) in [5, 5.41) is 22.7. The van der Waals surface area contributed by atoms with Crippen LogP contribution in [0.5, 0.6) is 5.75 Å². The van der Waals surface area contributed by atoms with Crippen molar-refractivity contribution in [3.05, 3.63) is 75.3 Å². The van der Waals surface area contributed by atoms with Gasteiger partial charge in [0.1, 0.15) is 5.75 Å². The number of non-ortho nitro benzene ring substituents is 1. The number of nitrogens with zero attached hydrogens (tertiary/aromatic N) is 1. The number of halogens is 1. The molecule has 180 valence electrons. The van der Waals surface area contributed by atoms with Crippen molar-refractivity contribution in [1.29, 1.82) is 0 Å². The van der Waals surface area contributed by atoms with Crippen molar-refractivity contribution in [2.24, 2.45) is 0 Å². The molecule has 8 nitrogen and oxygen atoms in total. The number of nitrogens with one attached hydrogen (secondary N) is 3. The van der Waals surface area contributed by atoms with Gasteiger partial charge in [-0.3, -0.25) is 14.9 Å². The number of ether oxygens (including phenoxy) is 1. The zero-order chi connectivity index (χ0) is 24.7. The van der Waals surface area contributed by atoms with Gasteiger partial charge in [0.25, 0.3) is 11.6 Å². The number of carbonyl (C=O) groups excluding carboxylic acids is 1. The number of anilines is 1. The first-order valence-electron chi connectivity index (χ1n) is 11.0. The highest BCUT2D eigenvalue weighted by Crippen LogP contribution is 2.28. The Morgan fingerprint density at radius 3 is 2.56 bits per heavy atom. The molecule has 0 aliphatic carbocycles. The molecule has 0 unspecified atom stereocenters. The summed E-state index contributed by atoms with van der Waals surface area (Å²) >= 11 is 6.13. The van der Waals surface area contributed by atoms with E-state index in [9.17, 15) is 14.9 Å². The highest BCUT2D eigenvalue weighted by Gasteiger charge is 2.16. The third-order valence-electron chi connectivity index (χ3n) is 4.95. The minimum Gasteiger partial charge on any atom is -0.483 e. The fourth-order valence-electron chi connectivity index (χ4n) is 3.49. The average molecular weight is 485 g/mol. The van der Waals surface area contributed by atoms with E-state index in [4.69, 9.17) is 16.3 Å². The Balaban J connectivity index is 1.62. The molecule has 34 heavy (non-hydrogen) atoms. The predicted molar refractivity (Wildman–Crippen MR) is 136 cm³/mol. The third kappa shape index (κ3) is 7.07. The van der Waals surface area contributed by atoms with Gasteiger partial charge in [0.2, 0.25) is 0 Å². The summed E-state index contributed by atoms with van der Waals surface area (Å²) in [5.41, 5.74) is 1.23. The monoisotopic (exact) mass is 484 g/mol. The predicted octanol–water partition coefficient (Wildman–Crippen LogP) is 4.90. The fraction of sp³-hybridized carbons (Fsp3) is 0.320. The van der Waals surface area contributed by atoms with Crippen LogP contribution in [0, 0.1) is 10.1 Å². The molecule has 0 aromatic heterocycles. The van der Waals surface area contributed by atoms with Gasteiger partial charge >= 0.3 is 0 Å². The Bertz CT molecular complexity index is 1180. The minimum atomic E-state index is -0.478. The molecule has 0 saturated heterocycles. The van der Waals surface area contributed by atoms with Crippen molar-refractivity contribution in [1.82, 2.24) is 10.6 Å². The lowest BCUT2D eigenvalue weighted by atomic mass is 10.0. The van der Waals surface area contributed by atoms with E-state index in [1.807, 2.05) is 57.2 Å². The summed E-state index contributed by atoms with van der Waals surface area (Å²) in [6.07, 6.45) is 0. The van der Waals surface area contributed by atoms with Crippen LogP contribution in [0.25, 0.3) is 10.8 Å². The van der Waals surface area contributed by atoms with Crippen LogP contribution in [-0.4, -0.2) is 36.1 Å². The number of hydrogen-bond acceptors (Lipinski definition) is 6. The number of carbonyl (C=O) groups is 1. The van der Waals surface area contributed by atoms with Gasteiger partial charge in [-0.2, -0.15) is 0 Å². The second kappa shape index (κ2) is 11.2. The molecule has 0 atom stereocenters. The largest absolute Gasteiger partial charge is 0.483 e. The Morgan fingerprint density at radius 2 is 1.85 bits per heavy atom. The van der Waals surface area contributed by atoms with E-state index in [-0.39, 0.29) is 23.7 Å². The van der Waals surface area contributed by atoms with Crippen LogP contribution in [0.2, 0.25) is 5.02 Å². The van der Waals surface area contributed by atoms with Crippen molar-refractivity contribution in [2.45, 2.75) is 32.9 Å². The van der Waals surface area contributed by atoms with Gasteiger partial charge < -0.3 is 20.7 Å². The maximum absolute atomic E-state index is 12.2.